The Morgan fingerprint density at radius 2 is 1.92 bits per heavy atom. The Hall–Kier alpha value is -1.30. The maximum atomic E-state index is 11.1. The second kappa shape index (κ2) is 4.08. The van der Waals surface area contributed by atoms with Gasteiger partial charge in [0.2, 0.25) is 11.9 Å². The fraction of sp³-hybridized carbons (Fsp3) is 0.714. The second-order valence-electron chi connectivity index (χ2n) is 3.31. The number of hydrogen-bond acceptors (Lipinski definition) is 3. The molecule has 0 radical (unpaired) electrons. The third-order valence-electron chi connectivity index (χ3n) is 2.12. The van der Waals surface area contributed by atoms with E-state index in [1.54, 1.807) is 6.92 Å². The number of rotatable bonds is 3. The van der Waals surface area contributed by atoms with Gasteiger partial charge in [-0.05, 0) is 12.8 Å². The number of nitrogens with two attached hydrogens (primary N) is 3. The summed E-state index contributed by atoms with van der Waals surface area (Å²) >= 11 is 0. The molecule has 0 saturated heterocycles. The third-order valence-corrected chi connectivity index (χ3v) is 2.12. The molecule has 7 N–H and O–H groups in total. The normalized spacial score (nSPS) is 16.8. The van der Waals surface area contributed by atoms with Crippen LogP contribution in [0.25, 0.3) is 0 Å². The van der Waals surface area contributed by atoms with Crippen molar-refractivity contribution in [1.82, 2.24) is 5.43 Å². The first-order valence-electron chi connectivity index (χ1n) is 3.96. The molecule has 0 fully saturated rings. The van der Waals surface area contributed by atoms with Gasteiger partial charge < -0.3 is 11.5 Å². The molecule has 6 nitrogen and oxygen atoms in total. The lowest BCUT2D eigenvalue weighted by molar-refractivity contribution is -0.123. The zero-order chi connectivity index (χ0) is 10.6. The van der Waals surface area contributed by atoms with Gasteiger partial charge >= 0.3 is 0 Å². The average Bonchev–Trinajstić information content (AvgIpc) is 2.03. The Morgan fingerprint density at radius 1 is 1.46 bits per heavy atom. The Kier molecular flexibility index (Phi) is 3.68. The largest absolute Gasteiger partial charge is 0.369 e. The van der Waals surface area contributed by atoms with Crippen LogP contribution in [0.4, 0.5) is 0 Å². The van der Waals surface area contributed by atoms with Crippen molar-refractivity contribution in [3.63, 3.8) is 0 Å². The van der Waals surface area contributed by atoms with Gasteiger partial charge in [0.25, 0.3) is 0 Å². The maximum absolute atomic E-state index is 11.1. The van der Waals surface area contributed by atoms with Gasteiger partial charge in [0, 0.05) is 0 Å². The van der Waals surface area contributed by atoms with Crippen molar-refractivity contribution < 1.29 is 4.79 Å². The highest BCUT2D eigenvalue weighted by molar-refractivity contribution is 5.88. The number of aliphatic imine (C=N–C) groups is 1. The number of carbonyl (C=O) groups is 1. The molecule has 0 bridgehead atoms. The predicted octanol–water partition coefficient (Wildman–Crippen LogP) is -1.34. The Morgan fingerprint density at radius 3 is 2.15 bits per heavy atom. The van der Waals surface area contributed by atoms with Crippen LogP contribution < -0.4 is 22.7 Å². The first-order valence-corrected chi connectivity index (χ1v) is 3.96. The van der Waals surface area contributed by atoms with E-state index in [-0.39, 0.29) is 11.9 Å². The van der Waals surface area contributed by atoms with E-state index in [9.17, 15) is 4.79 Å². The molecule has 13 heavy (non-hydrogen) atoms. The molecule has 1 atom stereocenters. The molecule has 0 aliphatic rings. The van der Waals surface area contributed by atoms with Crippen molar-refractivity contribution in [2.45, 2.75) is 26.3 Å². The number of guanidine groups is 1. The van der Waals surface area contributed by atoms with E-state index in [4.69, 9.17) is 17.3 Å². The molecule has 0 aromatic carbocycles. The molecule has 1 amide bonds. The number of nitrogens with zero attached hydrogens (tertiary/aromatic N) is 1. The lowest BCUT2D eigenvalue weighted by Gasteiger charge is -2.25. The van der Waals surface area contributed by atoms with Crippen LogP contribution in [0.1, 0.15) is 20.8 Å². The monoisotopic (exact) mass is 187 g/mol. The summed E-state index contributed by atoms with van der Waals surface area (Å²) < 4.78 is 0. The molecule has 6 heteroatoms. The maximum Gasteiger partial charge on any atom is 0.245 e. The number of carbonyl (C=O) groups excluding carboxylic acids is 1. The smallest absolute Gasteiger partial charge is 0.245 e. The van der Waals surface area contributed by atoms with Crippen molar-refractivity contribution in [3.05, 3.63) is 0 Å². The molecule has 0 rings (SSSR count). The van der Waals surface area contributed by atoms with Crippen molar-refractivity contribution in [3.8, 4) is 0 Å². The molecular formula is C7H17N5O. The van der Waals surface area contributed by atoms with Crippen LogP contribution in [0, 0.1) is 5.92 Å². The van der Waals surface area contributed by atoms with E-state index >= 15 is 0 Å². The standard InChI is InChI=1S/C7H17N5O/c1-4(2)7(3,5(8)13)11-6(9)12-10/h4H,10H2,1-3H3,(H2,8,13)(H3,9,11,12). The fourth-order valence-corrected chi connectivity index (χ4v) is 0.751. The van der Waals surface area contributed by atoms with Crippen LogP contribution in [0.5, 0.6) is 0 Å². The van der Waals surface area contributed by atoms with Gasteiger partial charge in [-0.15, -0.1) is 0 Å². The molecule has 0 aliphatic carbocycles. The van der Waals surface area contributed by atoms with E-state index in [0.717, 1.165) is 0 Å². The summed E-state index contributed by atoms with van der Waals surface area (Å²) in [7, 11) is 0. The Balaban J connectivity index is 4.92. The predicted molar refractivity (Wildman–Crippen MR) is 51.4 cm³/mol. The number of amides is 1. The molecule has 76 valence electrons. The van der Waals surface area contributed by atoms with Crippen LogP contribution in [0.3, 0.4) is 0 Å². The Bertz CT molecular complexity index is 225. The SMILES string of the molecule is CC(C)C(C)(N=C(N)NN)C(N)=O. The number of hydrogen-bond donors (Lipinski definition) is 4. The zero-order valence-electron chi connectivity index (χ0n) is 8.16. The summed E-state index contributed by atoms with van der Waals surface area (Å²) in [4.78, 5) is 15.0. The average molecular weight is 187 g/mol. The third kappa shape index (κ3) is 2.59. The summed E-state index contributed by atoms with van der Waals surface area (Å²) in [5.74, 6) is 4.45. The molecule has 1 unspecified atom stereocenters. The fourth-order valence-electron chi connectivity index (χ4n) is 0.751. The summed E-state index contributed by atoms with van der Waals surface area (Å²) in [5, 5.41) is 0. The van der Waals surface area contributed by atoms with Crippen molar-refractivity contribution >= 4 is 11.9 Å². The van der Waals surface area contributed by atoms with Gasteiger partial charge in [-0.2, -0.15) is 0 Å². The van der Waals surface area contributed by atoms with Gasteiger partial charge in [-0.25, -0.2) is 10.8 Å². The van der Waals surface area contributed by atoms with E-state index in [2.05, 4.69) is 10.4 Å². The minimum atomic E-state index is -1.02. The molecule has 0 aromatic heterocycles. The zero-order valence-corrected chi connectivity index (χ0v) is 8.16. The van der Waals surface area contributed by atoms with Gasteiger partial charge in [0.05, 0.1) is 0 Å². The van der Waals surface area contributed by atoms with Crippen molar-refractivity contribution in [1.29, 1.82) is 0 Å². The summed E-state index contributed by atoms with van der Waals surface area (Å²) in [6.45, 7) is 5.28. The van der Waals surface area contributed by atoms with Crippen LogP contribution >= 0.6 is 0 Å². The highest BCUT2D eigenvalue weighted by atomic mass is 16.1. The van der Waals surface area contributed by atoms with Crippen LogP contribution in [-0.2, 0) is 4.79 Å². The van der Waals surface area contributed by atoms with E-state index in [0.29, 0.717) is 0 Å². The first kappa shape index (κ1) is 11.7. The summed E-state index contributed by atoms with van der Waals surface area (Å²) in [5.41, 5.74) is 11.7. The molecule has 0 aliphatic heterocycles. The molecule has 0 aromatic rings. The number of hydrazine groups is 1. The van der Waals surface area contributed by atoms with Crippen molar-refractivity contribution in [2.75, 3.05) is 0 Å². The minimum absolute atomic E-state index is 0.00463. The lowest BCUT2D eigenvalue weighted by Crippen LogP contribution is -2.48. The quantitative estimate of drug-likeness (QED) is 0.189. The molecular weight excluding hydrogens is 170 g/mol. The number of nitrogens with one attached hydrogen (secondary N) is 1. The lowest BCUT2D eigenvalue weighted by atomic mass is 9.88. The second-order valence-corrected chi connectivity index (χ2v) is 3.31. The van der Waals surface area contributed by atoms with Gasteiger partial charge in [-0.1, -0.05) is 13.8 Å². The van der Waals surface area contributed by atoms with Crippen LogP contribution in [0.15, 0.2) is 4.99 Å². The van der Waals surface area contributed by atoms with Crippen LogP contribution in [-0.4, -0.2) is 17.4 Å². The van der Waals surface area contributed by atoms with Gasteiger partial charge in [0.15, 0.2) is 0 Å². The number of primary amides is 1. The molecule has 0 saturated carbocycles. The van der Waals surface area contributed by atoms with Crippen LogP contribution in [0.2, 0.25) is 0 Å². The molecule has 0 spiro atoms. The van der Waals surface area contributed by atoms with E-state index in [1.165, 1.54) is 0 Å². The highest BCUT2D eigenvalue weighted by Crippen LogP contribution is 2.20. The molecule has 0 heterocycles. The van der Waals surface area contributed by atoms with Gasteiger partial charge in [-0.3, -0.25) is 10.2 Å². The summed E-state index contributed by atoms with van der Waals surface area (Å²) in [6.07, 6.45) is 0. The van der Waals surface area contributed by atoms with Gasteiger partial charge in [0.1, 0.15) is 5.54 Å². The van der Waals surface area contributed by atoms with E-state index < -0.39 is 11.4 Å². The Labute approximate surface area is 77.5 Å². The highest BCUT2D eigenvalue weighted by Gasteiger charge is 2.34. The topological polar surface area (TPSA) is 120 Å². The first-order chi connectivity index (χ1) is 5.84. The summed E-state index contributed by atoms with van der Waals surface area (Å²) in [6, 6.07) is 0. The minimum Gasteiger partial charge on any atom is -0.369 e. The van der Waals surface area contributed by atoms with Crippen molar-refractivity contribution in [2.24, 2.45) is 28.2 Å². The van der Waals surface area contributed by atoms with E-state index in [1.807, 2.05) is 13.8 Å².